The third kappa shape index (κ3) is 4.58. The van der Waals surface area contributed by atoms with Gasteiger partial charge in [-0.1, -0.05) is 25.0 Å². The van der Waals surface area contributed by atoms with Crippen molar-refractivity contribution in [3.8, 4) is 0 Å². The smallest absolute Gasteiger partial charge is 0.251 e. The summed E-state index contributed by atoms with van der Waals surface area (Å²) in [5, 5.41) is 5.35. The van der Waals surface area contributed by atoms with Crippen LogP contribution in [0, 0.1) is 5.92 Å². The first-order valence-corrected chi connectivity index (χ1v) is 7.49. The summed E-state index contributed by atoms with van der Waals surface area (Å²) in [5.41, 5.74) is 6.35. The zero-order valence-corrected chi connectivity index (χ0v) is 12.4. The second kappa shape index (κ2) is 7.59. The van der Waals surface area contributed by atoms with E-state index in [1.165, 1.54) is 0 Å². The molecular weight excluding hydrogens is 282 g/mol. The fourth-order valence-electron chi connectivity index (χ4n) is 2.56. The van der Waals surface area contributed by atoms with E-state index in [4.69, 9.17) is 5.73 Å². The van der Waals surface area contributed by atoms with Crippen molar-refractivity contribution >= 4 is 17.7 Å². The Bertz CT molecular complexity index is 548. The Morgan fingerprint density at radius 1 is 1.05 bits per heavy atom. The molecule has 0 bridgehead atoms. The molecule has 0 radical (unpaired) electrons. The van der Waals surface area contributed by atoms with E-state index >= 15 is 0 Å². The highest BCUT2D eigenvalue weighted by molar-refractivity contribution is 5.96. The van der Waals surface area contributed by atoms with Crippen molar-refractivity contribution in [1.29, 1.82) is 0 Å². The summed E-state index contributed by atoms with van der Waals surface area (Å²) in [4.78, 5) is 34.3. The van der Waals surface area contributed by atoms with Crippen molar-refractivity contribution in [2.75, 3.05) is 6.54 Å². The topological polar surface area (TPSA) is 101 Å². The van der Waals surface area contributed by atoms with Gasteiger partial charge in [0.25, 0.3) is 5.91 Å². The number of amides is 3. The van der Waals surface area contributed by atoms with E-state index in [2.05, 4.69) is 10.6 Å². The first-order valence-electron chi connectivity index (χ1n) is 7.49. The molecule has 0 aromatic heterocycles. The summed E-state index contributed by atoms with van der Waals surface area (Å²) in [5.74, 6) is -0.667. The molecule has 118 valence electrons. The number of primary amides is 1. The first-order chi connectivity index (χ1) is 10.6. The number of hydrogen-bond acceptors (Lipinski definition) is 3. The molecule has 0 heterocycles. The van der Waals surface area contributed by atoms with Gasteiger partial charge in [-0.15, -0.1) is 0 Å². The van der Waals surface area contributed by atoms with Crippen LogP contribution in [0.4, 0.5) is 0 Å². The van der Waals surface area contributed by atoms with E-state index in [0.717, 1.165) is 31.2 Å². The molecule has 22 heavy (non-hydrogen) atoms. The Hall–Kier alpha value is -2.37. The summed E-state index contributed by atoms with van der Waals surface area (Å²) in [6.45, 7) is 0.274. The highest BCUT2D eigenvalue weighted by atomic mass is 16.2. The van der Waals surface area contributed by atoms with Gasteiger partial charge < -0.3 is 16.4 Å². The SMILES string of the molecule is NC(=O)CNC(=O)c1ccc(CNC(=O)C2CCCC2)cc1. The molecule has 1 saturated carbocycles. The second-order valence-electron chi connectivity index (χ2n) is 5.55. The molecule has 0 atom stereocenters. The average molecular weight is 303 g/mol. The molecule has 1 aliphatic rings. The lowest BCUT2D eigenvalue weighted by molar-refractivity contribution is -0.125. The molecule has 3 amide bonds. The van der Waals surface area contributed by atoms with Crippen molar-refractivity contribution < 1.29 is 14.4 Å². The molecule has 6 nitrogen and oxygen atoms in total. The summed E-state index contributed by atoms with van der Waals surface area (Å²) in [6.07, 6.45) is 4.22. The van der Waals surface area contributed by atoms with Crippen molar-refractivity contribution in [3.63, 3.8) is 0 Å². The van der Waals surface area contributed by atoms with Crippen LogP contribution in [0.1, 0.15) is 41.6 Å². The Morgan fingerprint density at radius 3 is 2.27 bits per heavy atom. The normalized spacial score (nSPS) is 14.5. The minimum atomic E-state index is -0.584. The molecule has 1 aromatic rings. The van der Waals surface area contributed by atoms with Crippen LogP contribution in [0.3, 0.4) is 0 Å². The largest absolute Gasteiger partial charge is 0.368 e. The highest BCUT2D eigenvalue weighted by Crippen LogP contribution is 2.24. The first kappa shape index (κ1) is 16.0. The Balaban J connectivity index is 1.82. The van der Waals surface area contributed by atoms with E-state index < -0.39 is 5.91 Å². The molecule has 1 fully saturated rings. The standard InChI is InChI=1S/C16H21N3O3/c17-14(20)10-19-16(22)13-7-5-11(6-8-13)9-18-15(21)12-3-1-2-4-12/h5-8,12H,1-4,9-10H2,(H2,17,20)(H,18,21)(H,19,22). The van der Waals surface area contributed by atoms with Gasteiger partial charge in [0.2, 0.25) is 11.8 Å². The van der Waals surface area contributed by atoms with Gasteiger partial charge in [-0.25, -0.2) is 0 Å². The highest BCUT2D eigenvalue weighted by Gasteiger charge is 2.22. The van der Waals surface area contributed by atoms with E-state index in [0.29, 0.717) is 12.1 Å². The number of carbonyl (C=O) groups is 3. The van der Waals surface area contributed by atoms with E-state index in [1.54, 1.807) is 24.3 Å². The quantitative estimate of drug-likeness (QED) is 0.721. The van der Waals surface area contributed by atoms with Crippen LogP contribution in [-0.4, -0.2) is 24.3 Å². The third-order valence-corrected chi connectivity index (χ3v) is 3.83. The number of benzene rings is 1. The molecule has 1 aliphatic carbocycles. The number of nitrogens with one attached hydrogen (secondary N) is 2. The summed E-state index contributed by atoms with van der Waals surface area (Å²) >= 11 is 0. The minimum absolute atomic E-state index is 0.112. The predicted molar refractivity (Wildman–Crippen MR) is 81.8 cm³/mol. The molecular formula is C16H21N3O3. The maximum absolute atomic E-state index is 11.9. The fraction of sp³-hybridized carbons (Fsp3) is 0.438. The van der Waals surface area contributed by atoms with Gasteiger partial charge in [-0.2, -0.15) is 0 Å². The third-order valence-electron chi connectivity index (χ3n) is 3.83. The summed E-state index contributed by atoms with van der Waals surface area (Å²) in [7, 11) is 0. The Kier molecular flexibility index (Phi) is 5.52. The van der Waals surface area contributed by atoms with Crippen molar-refractivity contribution in [2.24, 2.45) is 11.7 Å². The molecule has 0 aliphatic heterocycles. The number of rotatable bonds is 6. The zero-order valence-electron chi connectivity index (χ0n) is 12.4. The predicted octanol–water partition coefficient (Wildman–Crippen LogP) is 0.708. The van der Waals surface area contributed by atoms with Gasteiger partial charge in [0, 0.05) is 18.0 Å². The lowest BCUT2D eigenvalue weighted by Gasteiger charge is -2.10. The van der Waals surface area contributed by atoms with Crippen LogP contribution in [0.2, 0.25) is 0 Å². The maximum Gasteiger partial charge on any atom is 0.251 e. The molecule has 1 aromatic carbocycles. The summed E-state index contributed by atoms with van der Waals surface area (Å²) in [6, 6.07) is 6.89. The van der Waals surface area contributed by atoms with Crippen LogP contribution in [0.5, 0.6) is 0 Å². The van der Waals surface area contributed by atoms with Crippen LogP contribution in [0.25, 0.3) is 0 Å². The fourth-order valence-corrected chi connectivity index (χ4v) is 2.56. The van der Waals surface area contributed by atoms with Gasteiger partial charge >= 0.3 is 0 Å². The molecule has 0 spiro atoms. The van der Waals surface area contributed by atoms with Gasteiger partial charge in [0.05, 0.1) is 6.54 Å². The molecule has 0 saturated heterocycles. The number of hydrogen-bond donors (Lipinski definition) is 3. The molecule has 6 heteroatoms. The molecule has 4 N–H and O–H groups in total. The van der Waals surface area contributed by atoms with Crippen molar-refractivity contribution in [3.05, 3.63) is 35.4 Å². The Labute approximate surface area is 129 Å². The lowest BCUT2D eigenvalue weighted by atomic mass is 10.1. The van der Waals surface area contributed by atoms with Crippen LogP contribution in [0.15, 0.2) is 24.3 Å². The van der Waals surface area contributed by atoms with E-state index in [9.17, 15) is 14.4 Å². The van der Waals surface area contributed by atoms with Gasteiger partial charge in [-0.3, -0.25) is 14.4 Å². The van der Waals surface area contributed by atoms with E-state index in [-0.39, 0.29) is 24.3 Å². The van der Waals surface area contributed by atoms with Crippen molar-refractivity contribution in [1.82, 2.24) is 10.6 Å². The number of carbonyl (C=O) groups excluding carboxylic acids is 3. The van der Waals surface area contributed by atoms with Crippen LogP contribution < -0.4 is 16.4 Å². The molecule has 0 unspecified atom stereocenters. The van der Waals surface area contributed by atoms with Crippen LogP contribution in [-0.2, 0) is 16.1 Å². The number of nitrogens with two attached hydrogens (primary N) is 1. The second-order valence-corrected chi connectivity index (χ2v) is 5.55. The Morgan fingerprint density at radius 2 is 1.68 bits per heavy atom. The monoisotopic (exact) mass is 303 g/mol. The van der Waals surface area contributed by atoms with Crippen molar-refractivity contribution in [2.45, 2.75) is 32.2 Å². The van der Waals surface area contributed by atoms with Gasteiger partial charge in [-0.05, 0) is 30.5 Å². The van der Waals surface area contributed by atoms with E-state index in [1.807, 2.05) is 0 Å². The maximum atomic E-state index is 11.9. The minimum Gasteiger partial charge on any atom is -0.368 e. The average Bonchev–Trinajstić information content (AvgIpc) is 3.05. The van der Waals surface area contributed by atoms with Gasteiger partial charge in [0.15, 0.2) is 0 Å². The summed E-state index contributed by atoms with van der Waals surface area (Å²) < 4.78 is 0. The van der Waals surface area contributed by atoms with Crippen LogP contribution >= 0.6 is 0 Å². The van der Waals surface area contributed by atoms with Gasteiger partial charge in [0.1, 0.15) is 0 Å². The zero-order chi connectivity index (χ0) is 15.9. The lowest BCUT2D eigenvalue weighted by Crippen LogP contribution is -2.33. The molecule has 2 rings (SSSR count).